The van der Waals surface area contributed by atoms with Crippen LogP contribution < -0.4 is 0 Å². The molecule has 2 aliphatic rings. The zero-order valence-corrected chi connectivity index (χ0v) is 11.3. The van der Waals surface area contributed by atoms with Gasteiger partial charge in [-0.3, -0.25) is 4.79 Å². The number of nitrogens with zero attached hydrogens (tertiary/aromatic N) is 3. The first-order valence-corrected chi connectivity index (χ1v) is 6.46. The van der Waals surface area contributed by atoms with Gasteiger partial charge in [0.15, 0.2) is 0 Å². The second-order valence-corrected chi connectivity index (χ2v) is 5.20. The Labute approximate surface area is 111 Å². The molecule has 3 rings (SSSR count). The van der Waals surface area contributed by atoms with Crippen LogP contribution in [0.1, 0.15) is 18.7 Å². The third kappa shape index (κ3) is 1.54. The molecule has 3 atom stereocenters. The number of carbonyl (C=O) groups is 1. The number of hydrogen-bond donors (Lipinski definition) is 0. The van der Waals surface area contributed by atoms with Crippen LogP contribution in [0.15, 0.2) is 15.9 Å². The van der Waals surface area contributed by atoms with Crippen LogP contribution in [0, 0.1) is 11.8 Å². The summed E-state index contributed by atoms with van der Waals surface area (Å²) in [5.41, 5.74) is 0. The summed E-state index contributed by atoms with van der Waals surface area (Å²) in [5, 5.41) is 4.65. The second-order valence-electron chi connectivity index (χ2n) is 4.00. The lowest BCUT2D eigenvalue weighted by atomic mass is 10.3. The van der Waals surface area contributed by atoms with Crippen LogP contribution >= 0.6 is 27.5 Å². The Morgan fingerprint density at radius 2 is 2.41 bits per heavy atom. The van der Waals surface area contributed by atoms with Crippen molar-refractivity contribution < 1.29 is 9.53 Å². The Hall–Kier alpha value is -0.880. The van der Waals surface area contributed by atoms with E-state index < -0.39 is 0 Å². The van der Waals surface area contributed by atoms with E-state index in [1.54, 1.807) is 17.8 Å². The van der Waals surface area contributed by atoms with Crippen LogP contribution in [0.4, 0.5) is 0 Å². The first-order chi connectivity index (χ1) is 8.15. The van der Waals surface area contributed by atoms with E-state index in [0.29, 0.717) is 11.8 Å². The van der Waals surface area contributed by atoms with E-state index in [1.165, 1.54) is 0 Å². The molecule has 1 aliphatic carbocycles. The fourth-order valence-electron chi connectivity index (χ4n) is 2.29. The smallest absolute Gasteiger partial charge is 0.310 e. The van der Waals surface area contributed by atoms with Crippen LogP contribution in [0.5, 0.6) is 0 Å². The van der Waals surface area contributed by atoms with Crippen LogP contribution in [0.3, 0.4) is 0 Å². The quantitative estimate of drug-likeness (QED) is 0.783. The van der Waals surface area contributed by atoms with Crippen molar-refractivity contribution in [2.45, 2.75) is 12.8 Å². The van der Waals surface area contributed by atoms with E-state index in [9.17, 15) is 4.79 Å². The van der Waals surface area contributed by atoms with Gasteiger partial charge in [-0.05, 0) is 22.9 Å². The molecule has 1 saturated carbocycles. The summed E-state index contributed by atoms with van der Waals surface area (Å²) in [4.78, 5) is 16.0. The normalized spacial score (nSPS) is 29.1. The predicted molar refractivity (Wildman–Crippen MR) is 65.0 cm³/mol. The van der Waals surface area contributed by atoms with Crippen LogP contribution in [-0.2, 0) is 9.53 Å². The van der Waals surface area contributed by atoms with Gasteiger partial charge in [-0.1, -0.05) is 11.6 Å². The molecule has 0 saturated heterocycles. The van der Waals surface area contributed by atoms with E-state index in [4.69, 9.17) is 16.3 Å². The summed E-state index contributed by atoms with van der Waals surface area (Å²) >= 11 is 9.41. The van der Waals surface area contributed by atoms with Crippen LogP contribution in [0.25, 0.3) is 0 Å². The van der Waals surface area contributed by atoms with E-state index in [0.717, 1.165) is 10.4 Å². The minimum absolute atomic E-state index is 0.00495. The SMILES string of the molecule is CCOC(=O)[C@H]1[C@H]2C(Cl)=Nn3c(Br)cnc3[C@H]21. The number of carbonyl (C=O) groups excluding carboxylic acids is 1. The third-order valence-electron chi connectivity index (χ3n) is 3.07. The average Bonchev–Trinajstić information content (AvgIpc) is 2.95. The van der Waals surface area contributed by atoms with Crippen LogP contribution in [0.2, 0.25) is 0 Å². The van der Waals surface area contributed by atoms with E-state index in [-0.39, 0.29) is 23.7 Å². The number of imidazole rings is 1. The highest BCUT2D eigenvalue weighted by Crippen LogP contribution is 2.57. The number of fused-ring (bicyclic) bond motifs is 3. The predicted octanol–water partition coefficient (Wildman–Crippen LogP) is 1.95. The Kier molecular flexibility index (Phi) is 2.52. The van der Waals surface area contributed by atoms with Crippen molar-refractivity contribution in [1.29, 1.82) is 0 Å². The van der Waals surface area contributed by atoms with Gasteiger partial charge >= 0.3 is 5.97 Å². The van der Waals surface area contributed by atoms with Crippen molar-refractivity contribution in [3.05, 3.63) is 16.6 Å². The Bertz CT molecular complexity index is 528. The van der Waals surface area contributed by atoms with Crippen molar-refractivity contribution in [2.75, 3.05) is 6.61 Å². The topological polar surface area (TPSA) is 56.5 Å². The van der Waals surface area contributed by atoms with Crippen molar-refractivity contribution >= 4 is 38.7 Å². The molecule has 7 heteroatoms. The standard InChI is InChI=1S/C10H9BrClN3O2/c1-2-17-10(16)7-5-6(7)9-13-3-4(11)15(9)14-8(5)12/h3,5-7H,2H2,1H3/t5-,6+,7-/m0/s1. The zero-order valence-electron chi connectivity index (χ0n) is 8.93. The van der Waals surface area contributed by atoms with Gasteiger partial charge < -0.3 is 4.74 Å². The fourth-order valence-corrected chi connectivity index (χ4v) is 3.00. The molecule has 1 aromatic heterocycles. The number of rotatable bonds is 2. The van der Waals surface area contributed by atoms with Crippen molar-refractivity contribution in [2.24, 2.45) is 16.9 Å². The van der Waals surface area contributed by atoms with Gasteiger partial charge in [-0.25, -0.2) is 9.66 Å². The molecule has 1 fully saturated rings. The highest BCUT2D eigenvalue weighted by Gasteiger charge is 2.62. The number of ether oxygens (including phenoxy) is 1. The summed E-state index contributed by atoms with van der Waals surface area (Å²) in [5.74, 6) is 0.261. The van der Waals surface area contributed by atoms with Gasteiger partial charge in [0.2, 0.25) is 0 Å². The molecule has 0 N–H and O–H groups in total. The molecule has 0 unspecified atom stereocenters. The lowest BCUT2D eigenvalue weighted by molar-refractivity contribution is -0.144. The van der Waals surface area contributed by atoms with E-state index in [1.807, 2.05) is 0 Å². The number of aromatic nitrogens is 2. The largest absolute Gasteiger partial charge is 0.466 e. The van der Waals surface area contributed by atoms with Gasteiger partial charge in [0.25, 0.3) is 0 Å². The van der Waals surface area contributed by atoms with Gasteiger partial charge in [0.1, 0.15) is 15.6 Å². The maximum Gasteiger partial charge on any atom is 0.310 e. The Morgan fingerprint density at radius 3 is 3.12 bits per heavy atom. The molecule has 0 aromatic carbocycles. The molecule has 0 bridgehead atoms. The monoisotopic (exact) mass is 317 g/mol. The lowest BCUT2D eigenvalue weighted by Crippen LogP contribution is -2.09. The highest BCUT2D eigenvalue weighted by atomic mass is 79.9. The minimum Gasteiger partial charge on any atom is -0.466 e. The van der Waals surface area contributed by atoms with Gasteiger partial charge in [-0.2, -0.15) is 5.10 Å². The van der Waals surface area contributed by atoms with Crippen molar-refractivity contribution in [3.63, 3.8) is 0 Å². The molecular weight excluding hydrogens is 309 g/mol. The minimum atomic E-state index is -0.234. The van der Waals surface area contributed by atoms with Crippen LogP contribution in [-0.4, -0.2) is 27.4 Å². The molecule has 0 spiro atoms. The van der Waals surface area contributed by atoms with Gasteiger partial charge in [-0.15, -0.1) is 0 Å². The molecule has 0 radical (unpaired) electrons. The lowest BCUT2D eigenvalue weighted by Gasteiger charge is -2.07. The van der Waals surface area contributed by atoms with Crippen molar-refractivity contribution in [1.82, 2.24) is 9.66 Å². The average molecular weight is 319 g/mol. The fraction of sp³-hybridized carbons (Fsp3) is 0.500. The highest BCUT2D eigenvalue weighted by molar-refractivity contribution is 9.10. The summed E-state index contributed by atoms with van der Waals surface area (Å²) in [6.45, 7) is 2.17. The summed E-state index contributed by atoms with van der Waals surface area (Å²) in [6, 6.07) is 0. The van der Waals surface area contributed by atoms with Crippen molar-refractivity contribution in [3.8, 4) is 0 Å². The zero-order chi connectivity index (χ0) is 12.2. The number of hydrogen-bond acceptors (Lipinski definition) is 4. The summed E-state index contributed by atoms with van der Waals surface area (Å²) in [7, 11) is 0. The Morgan fingerprint density at radius 1 is 1.65 bits per heavy atom. The first kappa shape index (κ1) is 11.2. The van der Waals surface area contributed by atoms with Gasteiger partial charge in [0.05, 0.1) is 18.7 Å². The summed E-state index contributed by atoms with van der Waals surface area (Å²) in [6.07, 6.45) is 1.66. The summed E-state index contributed by atoms with van der Waals surface area (Å²) < 4.78 is 7.39. The molecule has 2 heterocycles. The molecule has 90 valence electrons. The molecule has 1 aromatic rings. The maximum atomic E-state index is 11.7. The first-order valence-electron chi connectivity index (χ1n) is 5.29. The Balaban J connectivity index is 1.95. The third-order valence-corrected chi connectivity index (χ3v) is 3.94. The molecule has 5 nitrogen and oxygen atoms in total. The maximum absolute atomic E-state index is 11.7. The molecule has 0 amide bonds. The van der Waals surface area contributed by atoms with E-state index >= 15 is 0 Å². The number of esters is 1. The number of halogens is 2. The molecule has 17 heavy (non-hydrogen) atoms. The van der Waals surface area contributed by atoms with E-state index in [2.05, 4.69) is 26.0 Å². The molecular formula is C10H9BrClN3O2. The second kappa shape index (κ2) is 3.81. The van der Waals surface area contributed by atoms with Gasteiger partial charge in [0, 0.05) is 11.8 Å². The molecule has 1 aliphatic heterocycles.